The van der Waals surface area contributed by atoms with Crippen molar-refractivity contribution in [2.45, 2.75) is 33.1 Å². The van der Waals surface area contributed by atoms with Crippen LogP contribution in [0.2, 0.25) is 0 Å². The zero-order valence-electron chi connectivity index (χ0n) is 13.0. The fourth-order valence-corrected chi connectivity index (χ4v) is 1.81. The first-order chi connectivity index (χ1) is 10.5. The SMILES string of the molecule is C/C=C\C=N/CCC/C(N)=C/Nc1ccc(C)c(C(F)F)c1. The van der Waals surface area contributed by atoms with Gasteiger partial charge in [-0.1, -0.05) is 12.1 Å². The van der Waals surface area contributed by atoms with Crippen LogP contribution in [-0.4, -0.2) is 12.8 Å². The van der Waals surface area contributed by atoms with Crippen LogP contribution in [0.4, 0.5) is 14.5 Å². The molecule has 0 aromatic heterocycles. The van der Waals surface area contributed by atoms with Crippen molar-refractivity contribution >= 4 is 11.9 Å². The van der Waals surface area contributed by atoms with E-state index in [9.17, 15) is 8.78 Å². The molecular weight excluding hydrogens is 284 g/mol. The summed E-state index contributed by atoms with van der Waals surface area (Å²) in [6.45, 7) is 4.31. The van der Waals surface area contributed by atoms with E-state index in [-0.39, 0.29) is 5.56 Å². The molecule has 0 amide bonds. The molecule has 120 valence electrons. The summed E-state index contributed by atoms with van der Waals surface area (Å²) in [5.41, 5.74) is 7.77. The number of aryl methyl sites for hydroxylation is 1. The Hall–Kier alpha value is -2.17. The highest BCUT2D eigenvalue weighted by Crippen LogP contribution is 2.25. The van der Waals surface area contributed by atoms with Gasteiger partial charge in [-0.05, 0) is 50.5 Å². The predicted molar refractivity (Wildman–Crippen MR) is 89.4 cm³/mol. The smallest absolute Gasteiger partial charge is 0.264 e. The van der Waals surface area contributed by atoms with Crippen LogP contribution in [0, 0.1) is 6.92 Å². The fourth-order valence-electron chi connectivity index (χ4n) is 1.81. The molecule has 0 aliphatic carbocycles. The fraction of sp³-hybridized carbons (Fsp3) is 0.353. The first kappa shape index (κ1) is 17.9. The van der Waals surface area contributed by atoms with Crippen LogP contribution in [0.25, 0.3) is 0 Å². The molecular formula is C17H23F2N3. The van der Waals surface area contributed by atoms with Crippen molar-refractivity contribution < 1.29 is 8.78 Å². The molecule has 0 saturated carbocycles. The van der Waals surface area contributed by atoms with E-state index in [1.807, 2.05) is 19.1 Å². The second-order valence-electron chi connectivity index (χ2n) is 4.92. The molecule has 1 rings (SSSR count). The van der Waals surface area contributed by atoms with E-state index in [4.69, 9.17) is 5.73 Å². The Labute approximate surface area is 130 Å². The number of nitrogens with one attached hydrogen (secondary N) is 1. The van der Waals surface area contributed by atoms with Gasteiger partial charge >= 0.3 is 0 Å². The molecule has 0 atom stereocenters. The normalized spacial score (nSPS) is 12.7. The van der Waals surface area contributed by atoms with E-state index in [2.05, 4.69) is 10.3 Å². The number of anilines is 1. The van der Waals surface area contributed by atoms with Gasteiger partial charge in [-0.2, -0.15) is 0 Å². The lowest BCUT2D eigenvalue weighted by atomic mass is 10.1. The Morgan fingerprint density at radius 3 is 2.86 bits per heavy atom. The molecule has 0 spiro atoms. The highest BCUT2D eigenvalue weighted by molar-refractivity contribution is 5.70. The topological polar surface area (TPSA) is 50.4 Å². The summed E-state index contributed by atoms with van der Waals surface area (Å²) in [4.78, 5) is 4.19. The summed E-state index contributed by atoms with van der Waals surface area (Å²) in [7, 11) is 0. The third-order valence-electron chi connectivity index (χ3n) is 3.08. The highest BCUT2D eigenvalue weighted by atomic mass is 19.3. The summed E-state index contributed by atoms with van der Waals surface area (Å²) >= 11 is 0. The quantitative estimate of drug-likeness (QED) is 0.546. The highest BCUT2D eigenvalue weighted by Gasteiger charge is 2.10. The first-order valence-corrected chi connectivity index (χ1v) is 7.25. The summed E-state index contributed by atoms with van der Waals surface area (Å²) in [5, 5.41) is 2.96. The number of halogens is 2. The zero-order valence-corrected chi connectivity index (χ0v) is 13.0. The maximum atomic E-state index is 12.8. The average molecular weight is 307 g/mol. The van der Waals surface area contributed by atoms with Gasteiger partial charge in [-0.15, -0.1) is 0 Å². The first-order valence-electron chi connectivity index (χ1n) is 7.25. The van der Waals surface area contributed by atoms with E-state index in [0.717, 1.165) is 6.42 Å². The summed E-state index contributed by atoms with van der Waals surface area (Å²) in [6.07, 6.45) is 6.27. The minimum Gasteiger partial charge on any atom is -0.401 e. The molecule has 22 heavy (non-hydrogen) atoms. The second kappa shape index (κ2) is 9.71. The number of aliphatic imine (C=N–C) groups is 1. The van der Waals surface area contributed by atoms with Crippen molar-refractivity contribution in [2.24, 2.45) is 10.7 Å². The molecule has 5 heteroatoms. The van der Waals surface area contributed by atoms with Crippen LogP contribution < -0.4 is 11.1 Å². The van der Waals surface area contributed by atoms with Crippen LogP contribution in [0.15, 0.2) is 47.2 Å². The van der Waals surface area contributed by atoms with Gasteiger partial charge in [0.25, 0.3) is 6.43 Å². The van der Waals surface area contributed by atoms with E-state index >= 15 is 0 Å². The Bertz CT molecular complexity index is 549. The van der Waals surface area contributed by atoms with Crippen LogP contribution in [0.1, 0.15) is 37.3 Å². The van der Waals surface area contributed by atoms with Crippen molar-refractivity contribution in [3.05, 3.63) is 53.4 Å². The van der Waals surface area contributed by atoms with Crippen molar-refractivity contribution in [2.75, 3.05) is 11.9 Å². The molecule has 0 saturated heterocycles. The van der Waals surface area contributed by atoms with Gasteiger partial charge in [0.05, 0.1) is 0 Å². The van der Waals surface area contributed by atoms with E-state index in [0.29, 0.717) is 29.9 Å². The lowest BCUT2D eigenvalue weighted by Crippen LogP contribution is -2.02. The second-order valence-corrected chi connectivity index (χ2v) is 4.92. The van der Waals surface area contributed by atoms with Gasteiger partial charge in [0, 0.05) is 35.9 Å². The number of nitrogens with two attached hydrogens (primary N) is 1. The lowest BCUT2D eigenvalue weighted by molar-refractivity contribution is 0.150. The number of benzene rings is 1. The van der Waals surface area contributed by atoms with Crippen molar-refractivity contribution in [1.82, 2.24) is 0 Å². The summed E-state index contributed by atoms with van der Waals surface area (Å²) < 4.78 is 25.6. The van der Waals surface area contributed by atoms with Crippen LogP contribution >= 0.6 is 0 Å². The van der Waals surface area contributed by atoms with Crippen molar-refractivity contribution in [3.63, 3.8) is 0 Å². The largest absolute Gasteiger partial charge is 0.401 e. The molecule has 0 fully saturated rings. The number of hydrogen-bond acceptors (Lipinski definition) is 3. The van der Waals surface area contributed by atoms with E-state index in [1.165, 1.54) is 6.07 Å². The number of alkyl halides is 2. The molecule has 3 N–H and O–H groups in total. The van der Waals surface area contributed by atoms with E-state index in [1.54, 1.807) is 31.5 Å². The third-order valence-corrected chi connectivity index (χ3v) is 3.08. The van der Waals surface area contributed by atoms with Gasteiger partial charge in [0.2, 0.25) is 0 Å². The average Bonchev–Trinajstić information content (AvgIpc) is 2.49. The Morgan fingerprint density at radius 2 is 2.18 bits per heavy atom. The Kier molecular flexibility index (Phi) is 7.89. The number of rotatable bonds is 8. The van der Waals surface area contributed by atoms with Gasteiger partial charge in [0.1, 0.15) is 0 Å². The van der Waals surface area contributed by atoms with Gasteiger partial charge in [0.15, 0.2) is 0 Å². The molecule has 3 nitrogen and oxygen atoms in total. The monoisotopic (exact) mass is 307 g/mol. The lowest BCUT2D eigenvalue weighted by Gasteiger charge is -2.09. The van der Waals surface area contributed by atoms with E-state index < -0.39 is 6.43 Å². The minimum atomic E-state index is -2.47. The molecule has 0 bridgehead atoms. The van der Waals surface area contributed by atoms with Crippen LogP contribution in [0.5, 0.6) is 0 Å². The van der Waals surface area contributed by atoms with Crippen molar-refractivity contribution in [3.8, 4) is 0 Å². The zero-order chi connectivity index (χ0) is 16.4. The maximum absolute atomic E-state index is 12.8. The summed E-state index contributed by atoms with van der Waals surface area (Å²) in [5.74, 6) is 0. The molecule has 0 aliphatic heterocycles. The molecule has 0 unspecified atom stereocenters. The minimum absolute atomic E-state index is 0.0373. The van der Waals surface area contributed by atoms with Crippen LogP contribution in [0.3, 0.4) is 0 Å². The number of hydrogen-bond donors (Lipinski definition) is 2. The van der Waals surface area contributed by atoms with Gasteiger partial charge in [-0.25, -0.2) is 8.78 Å². The number of nitrogens with zero attached hydrogens (tertiary/aromatic N) is 1. The van der Waals surface area contributed by atoms with Gasteiger partial charge in [-0.3, -0.25) is 4.99 Å². The molecule has 0 heterocycles. The molecule has 1 aromatic rings. The Balaban J connectivity index is 2.48. The Morgan fingerprint density at radius 1 is 1.41 bits per heavy atom. The molecule has 0 radical (unpaired) electrons. The summed E-state index contributed by atoms with van der Waals surface area (Å²) in [6, 6.07) is 4.88. The van der Waals surface area contributed by atoms with Crippen molar-refractivity contribution in [1.29, 1.82) is 0 Å². The number of allylic oxidation sites excluding steroid dienone is 3. The predicted octanol–water partition coefficient (Wildman–Crippen LogP) is 4.57. The molecule has 1 aromatic carbocycles. The molecule has 0 aliphatic rings. The maximum Gasteiger partial charge on any atom is 0.264 e. The van der Waals surface area contributed by atoms with Crippen LogP contribution in [-0.2, 0) is 0 Å². The standard InChI is InChI=1S/C17H23F2N3/c1-3-4-9-21-10-5-6-14(20)12-22-15-8-7-13(2)16(11-15)17(18)19/h3-4,7-9,11-12,17,22H,5-6,10,20H2,1-2H3/b4-3-,14-12-,21-9-. The third kappa shape index (κ3) is 6.52. The van der Waals surface area contributed by atoms with Gasteiger partial charge < -0.3 is 11.1 Å².